The number of rotatable bonds is 3. The van der Waals surface area contributed by atoms with Crippen LogP contribution in [-0.2, 0) is 6.54 Å². The molecule has 20 heavy (non-hydrogen) atoms. The van der Waals surface area contributed by atoms with Crippen LogP contribution in [0.2, 0.25) is 0 Å². The van der Waals surface area contributed by atoms with E-state index in [1.807, 2.05) is 26.0 Å². The number of amides is 1. The fraction of sp³-hybridized carbons (Fsp3) is 0.200. The SMILES string of the molecule is Cc1cc(C(=O)NCc2ccc3[nH]c(C)cc3c2)sn1. The second-order valence-electron chi connectivity index (χ2n) is 4.89. The first-order valence-electron chi connectivity index (χ1n) is 6.41. The van der Waals surface area contributed by atoms with Crippen molar-refractivity contribution in [1.29, 1.82) is 0 Å². The van der Waals surface area contributed by atoms with Crippen molar-refractivity contribution in [2.45, 2.75) is 20.4 Å². The molecule has 0 fully saturated rings. The Morgan fingerprint density at radius 1 is 1.30 bits per heavy atom. The number of benzene rings is 1. The van der Waals surface area contributed by atoms with Gasteiger partial charge in [0.1, 0.15) is 4.88 Å². The molecular weight excluding hydrogens is 270 g/mol. The lowest BCUT2D eigenvalue weighted by Gasteiger charge is -2.03. The van der Waals surface area contributed by atoms with Gasteiger partial charge in [0.2, 0.25) is 0 Å². The van der Waals surface area contributed by atoms with Crippen LogP contribution in [0.1, 0.15) is 26.6 Å². The van der Waals surface area contributed by atoms with Gasteiger partial charge in [0.15, 0.2) is 0 Å². The molecule has 2 heterocycles. The lowest BCUT2D eigenvalue weighted by atomic mass is 10.1. The van der Waals surface area contributed by atoms with Crippen molar-refractivity contribution in [3.63, 3.8) is 0 Å². The molecule has 0 aliphatic rings. The van der Waals surface area contributed by atoms with Crippen LogP contribution in [-0.4, -0.2) is 15.3 Å². The summed E-state index contributed by atoms with van der Waals surface area (Å²) in [6, 6.07) is 10.1. The number of aryl methyl sites for hydroxylation is 2. The number of fused-ring (bicyclic) bond motifs is 1. The van der Waals surface area contributed by atoms with Crippen molar-refractivity contribution in [1.82, 2.24) is 14.7 Å². The van der Waals surface area contributed by atoms with Crippen LogP contribution < -0.4 is 5.32 Å². The molecule has 0 bridgehead atoms. The maximum atomic E-state index is 12.0. The Labute approximate surface area is 121 Å². The first-order chi connectivity index (χ1) is 9.61. The number of nitrogens with zero attached hydrogens (tertiary/aromatic N) is 1. The molecule has 3 rings (SSSR count). The Morgan fingerprint density at radius 3 is 2.90 bits per heavy atom. The van der Waals surface area contributed by atoms with Gasteiger partial charge in [-0.1, -0.05) is 6.07 Å². The molecular formula is C15H15N3OS. The Bertz CT molecular complexity index is 772. The normalized spacial score (nSPS) is 10.9. The van der Waals surface area contributed by atoms with Gasteiger partial charge in [0, 0.05) is 17.8 Å². The van der Waals surface area contributed by atoms with Gasteiger partial charge in [-0.2, -0.15) is 4.37 Å². The number of aromatic amines is 1. The quantitative estimate of drug-likeness (QED) is 0.776. The second-order valence-corrected chi connectivity index (χ2v) is 5.69. The van der Waals surface area contributed by atoms with Crippen LogP contribution >= 0.6 is 11.5 Å². The fourth-order valence-electron chi connectivity index (χ4n) is 2.18. The summed E-state index contributed by atoms with van der Waals surface area (Å²) in [5.74, 6) is -0.0686. The van der Waals surface area contributed by atoms with Crippen molar-refractivity contribution in [3.05, 3.63) is 52.2 Å². The molecule has 1 amide bonds. The Hall–Kier alpha value is -2.14. The maximum Gasteiger partial charge on any atom is 0.263 e. The standard InChI is InChI=1S/C15H15N3OS/c1-9-5-12-7-11(3-4-13(12)17-9)8-16-15(19)14-6-10(2)18-20-14/h3-7,17H,8H2,1-2H3,(H,16,19). The number of carbonyl (C=O) groups excluding carboxylic acids is 1. The zero-order valence-corrected chi connectivity index (χ0v) is 12.2. The van der Waals surface area contributed by atoms with Gasteiger partial charge in [0.05, 0.1) is 5.69 Å². The third kappa shape index (κ3) is 2.58. The summed E-state index contributed by atoms with van der Waals surface area (Å²) in [7, 11) is 0. The number of H-pyrrole nitrogens is 1. The third-order valence-electron chi connectivity index (χ3n) is 3.12. The molecule has 0 radical (unpaired) electrons. The van der Waals surface area contributed by atoms with Crippen molar-refractivity contribution in [2.24, 2.45) is 0 Å². The van der Waals surface area contributed by atoms with Crippen LogP contribution in [0, 0.1) is 13.8 Å². The van der Waals surface area contributed by atoms with Gasteiger partial charge in [-0.05, 0) is 60.6 Å². The van der Waals surface area contributed by atoms with E-state index in [1.165, 1.54) is 16.9 Å². The summed E-state index contributed by atoms with van der Waals surface area (Å²) in [5, 5.41) is 4.09. The third-order valence-corrected chi connectivity index (χ3v) is 4.00. The first kappa shape index (κ1) is 12.9. The predicted octanol–water partition coefficient (Wildman–Crippen LogP) is 3.17. The highest BCUT2D eigenvalue weighted by molar-refractivity contribution is 7.08. The zero-order valence-electron chi connectivity index (χ0n) is 11.4. The van der Waals surface area contributed by atoms with Crippen LogP contribution in [0.3, 0.4) is 0 Å². The number of hydrogen-bond donors (Lipinski definition) is 2. The predicted molar refractivity (Wildman–Crippen MR) is 81.1 cm³/mol. The number of nitrogens with one attached hydrogen (secondary N) is 2. The highest BCUT2D eigenvalue weighted by Crippen LogP contribution is 2.17. The molecule has 2 N–H and O–H groups in total. The lowest BCUT2D eigenvalue weighted by Crippen LogP contribution is -2.21. The van der Waals surface area contributed by atoms with E-state index in [4.69, 9.17) is 0 Å². The molecule has 0 saturated heterocycles. The van der Waals surface area contributed by atoms with Crippen LogP contribution in [0.4, 0.5) is 0 Å². The van der Waals surface area contributed by atoms with E-state index in [2.05, 4.69) is 26.8 Å². The topological polar surface area (TPSA) is 57.8 Å². The highest BCUT2D eigenvalue weighted by Gasteiger charge is 2.08. The monoisotopic (exact) mass is 285 g/mol. The average Bonchev–Trinajstić information content (AvgIpc) is 3.00. The Morgan fingerprint density at radius 2 is 2.15 bits per heavy atom. The van der Waals surface area contributed by atoms with Gasteiger partial charge in [-0.15, -0.1) is 0 Å². The molecule has 102 valence electrons. The van der Waals surface area contributed by atoms with Gasteiger partial charge in [-0.25, -0.2) is 0 Å². The average molecular weight is 285 g/mol. The van der Waals surface area contributed by atoms with Crippen molar-refractivity contribution in [2.75, 3.05) is 0 Å². The fourth-order valence-corrected chi connectivity index (χ4v) is 2.85. The molecule has 0 unspecified atom stereocenters. The molecule has 0 spiro atoms. The van der Waals surface area contributed by atoms with Crippen molar-refractivity contribution >= 4 is 28.3 Å². The van der Waals surface area contributed by atoms with Crippen LogP contribution in [0.5, 0.6) is 0 Å². The van der Waals surface area contributed by atoms with Crippen molar-refractivity contribution in [3.8, 4) is 0 Å². The second kappa shape index (κ2) is 5.09. The Balaban J connectivity index is 1.71. The van der Waals surface area contributed by atoms with E-state index in [0.717, 1.165) is 22.5 Å². The van der Waals surface area contributed by atoms with Gasteiger partial charge < -0.3 is 10.3 Å². The van der Waals surface area contributed by atoms with Gasteiger partial charge >= 0.3 is 0 Å². The molecule has 0 saturated carbocycles. The van der Waals surface area contributed by atoms with E-state index in [0.29, 0.717) is 11.4 Å². The van der Waals surface area contributed by atoms with E-state index in [1.54, 1.807) is 6.07 Å². The number of carbonyl (C=O) groups is 1. The smallest absolute Gasteiger partial charge is 0.263 e. The molecule has 4 nitrogen and oxygen atoms in total. The number of aromatic nitrogens is 2. The molecule has 5 heteroatoms. The minimum atomic E-state index is -0.0686. The number of hydrogen-bond acceptors (Lipinski definition) is 3. The summed E-state index contributed by atoms with van der Waals surface area (Å²) in [6.45, 7) is 4.44. The molecule has 3 aromatic rings. The molecule has 0 atom stereocenters. The Kier molecular flexibility index (Phi) is 3.28. The summed E-state index contributed by atoms with van der Waals surface area (Å²) in [4.78, 5) is 15.9. The van der Waals surface area contributed by atoms with E-state index in [-0.39, 0.29) is 5.91 Å². The summed E-state index contributed by atoms with van der Waals surface area (Å²) < 4.78 is 4.11. The first-order valence-corrected chi connectivity index (χ1v) is 7.19. The van der Waals surface area contributed by atoms with E-state index in [9.17, 15) is 4.79 Å². The largest absolute Gasteiger partial charge is 0.359 e. The van der Waals surface area contributed by atoms with Gasteiger partial charge in [0.25, 0.3) is 5.91 Å². The van der Waals surface area contributed by atoms with Crippen molar-refractivity contribution < 1.29 is 4.79 Å². The highest BCUT2D eigenvalue weighted by atomic mass is 32.1. The summed E-state index contributed by atoms with van der Waals surface area (Å²) in [5.41, 5.74) is 4.23. The minimum absolute atomic E-state index is 0.0686. The van der Waals surface area contributed by atoms with Crippen LogP contribution in [0.25, 0.3) is 10.9 Å². The van der Waals surface area contributed by atoms with E-state index >= 15 is 0 Å². The summed E-state index contributed by atoms with van der Waals surface area (Å²) >= 11 is 1.23. The van der Waals surface area contributed by atoms with Gasteiger partial charge in [-0.3, -0.25) is 4.79 Å². The van der Waals surface area contributed by atoms with Crippen LogP contribution in [0.15, 0.2) is 30.3 Å². The molecule has 0 aliphatic heterocycles. The summed E-state index contributed by atoms with van der Waals surface area (Å²) in [6.07, 6.45) is 0. The molecule has 1 aromatic carbocycles. The molecule has 2 aromatic heterocycles. The van der Waals surface area contributed by atoms with E-state index < -0.39 is 0 Å². The maximum absolute atomic E-state index is 12.0. The molecule has 0 aliphatic carbocycles. The lowest BCUT2D eigenvalue weighted by molar-refractivity contribution is 0.0955. The minimum Gasteiger partial charge on any atom is -0.359 e. The zero-order chi connectivity index (χ0) is 14.1.